The van der Waals surface area contributed by atoms with Crippen LogP contribution in [0.5, 0.6) is 11.5 Å². The molecule has 2 aromatic carbocycles. The lowest BCUT2D eigenvalue weighted by Gasteiger charge is -2.15. The number of carbonyl (C=O) groups is 1. The largest absolute Gasteiger partial charge is 0.490 e. The van der Waals surface area contributed by atoms with Crippen LogP contribution in [0.15, 0.2) is 53.4 Å². The maximum absolute atomic E-state index is 10.5. The molecule has 2 aromatic heterocycles. The molecule has 4 aromatic rings. The number of rotatable bonds is 14. The fourth-order valence-electron chi connectivity index (χ4n) is 3.67. The Morgan fingerprint density at radius 1 is 0.941 bits per heavy atom. The van der Waals surface area contributed by atoms with Crippen molar-refractivity contribution in [1.29, 1.82) is 0 Å². The summed E-state index contributed by atoms with van der Waals surface area (Å²) >= 11 is 0. The zero-order valence-corrected chi connectivity index (χ0v) is 19.3. The quantitative estimate of drug-likeness (QED) is 0.189. The number of carbonyl (C=O) groups excluding carboxylic acids is 1. The number of hydrogen-bond donors (Lipinski definition) is 1. The Balaban J connectivity index is 1.54. The number of methoxy groups -OCH3 is 1. The summed E-state index contributed by atoms with van der Waals surface area (Å²) in [5.41, 5.74) is 2.47. The minimum Gasteiger partial charge on any atom is -0.490 e. The molecule has 0 aliphatic rings. The van der Waals surface area contributed by atoms with Gasteiger partial charge in [-0.2, -0.15) is 0 Å². The van der Waals surface area contributed by atoms with Gasteiger partial charge in [-0.3, -0.25) is 0 Å². The first kappa shape index (κ1) is 23.5. The van der Waals surface area contributed by atoms with Gasteiger partial charge in [-0.05, 0) is 43.2 Å². The monoisotopic (exact) mass is 463 g/mol. The Bertz CT molecular complexity index is 1220. The number of ether oxygens (including phenoxy) is 3. The van der Waals surface area contributed by atoms with Crippen molar-refractivity contribution in [3.05, 3.63) is 49.0 Å². The molecule has 0 amide bonds. The number of fused-ring (bicyclic) bond motifs is 2. The Morgan fingerprint density at radius 3 is 2.68 bits per heavy atom. The molecule has 4 rings (SSSR count). The average molecular weight is 464 g/mol. The number of unbranched alkanes of at least 4 members (excludes halogenated alkanes) is 4. The van der Waals surface area contributed by atoms with Crippen molar-refractivity contribution in [3.63, 3.8) is 0 Å². The molecule has 0 saturated heterocycles. The fourth-order valence-corrected chi connectivity index (χ4v) is 3.67. The van der Waals surface area contributed by atoms with Crippen molar-refractivity contribution < 1.29 is 23.4 Å². The molecule has 0 saturated carbocycles. The lowest BCUT2D eigenvalue weighted by atomic mass is 10.1. The standard InChI is InChI=1S/C26H29N3O5/c1-31-13-14-34-25-17-22-21(16-24(25)32-11-6-4-2-3-5-10-30)26(28-18-27-22)29-20-7-8-23-19(15-20)9-12-33-23/h7-10,12,15-18H,2-6,11,13-14H2,1H3,(H,27,28,29). The van der Waals surface area contributed by atoms with Crippen LogP contribution in [0.2, 0.25) is 0 Å². The zero-order valence-electron chi connectivity index (χ0n) is 19.3. The Kier molecular flexibility index (Phi) is 8.29. The molecule has 178 valence electrons. The van der Waals surface area contributed by atoms with Crippen molar-refractivity contribution >= 4 is 39.7 Å². The highest BCUT2D eigenvalue weighted by molar-refractivity contribution is 5.93. The van der Waals surface area contributed by atoms with Gasteiger partial charge >= 0.3 is 0 Å². The summed E-state index contributed by atoms with van der Waals surface area (Å²) in [5.74, 6) is 1.93. The number of aldehydes is 1. The predicted octanol–water partition coefficient (Wildman–Crippen LogP) is 5.67. The highest BCUT2D eigenvalue weighted by Gasteiger charge is 2.13. The second-order valence-electron chi connectivity index (χ2n) is 7.90. The first-order valence-electron chi connectivity index (χ1n) is 11.5. The van der Waals surface area contributed by atoms with Crippen LogP contribution in [0.4, 0.5) is 11.5 Å². The van der Waals surface area contributed by atoms with Crippen LogP contribution >= 0.6 is 0 Å². The van der Waals surface area contributed by atoms with Crippen molar-refractivity contribution in [2.24, 2.45) is 0 Å². The van der Waals surface area contributed by atoms with Gasteiger partial charge in [0.25, 0.3) is 0 Å². The van der Waals surface area contributed by atoms with Crippen molar-refractivity contribution in [2.45, 2.75) is 32.1 Å². The molecule has 0 atom stereocenters. The molecule has 34 heavy (non-hydrogen) atoms. The third kappa shape index (κ3) is 6.02. The van der Waals surface area contributed by atoms with E-state index >= 15 is 0 Å². The van der Waals surface area contributed by atoms with E-state index in [-0.39, 0.29) is 0 Å². The summed E-state index contributed by atoms with van der Waals surface area (Å²) in [7, 11) is 1.64. The summed E-state index contributed by atoms with van der Waals surface area (Å²) in [6, 6.07) is 11.6. The molecular weight excluding hydrogens is 434 g/mol. The van der Waals surface area contributed by atoms with E-state index in [1.54, 1.807) is 13.4 Å². The van der Waals surface area contributed by atoms with E-state index in [0.29, 0.717) is 43.6 Å². The van der Waals surface area contributed by atoms with Crippen LogP contribution in [0, 0.1) is 0 Å². The van der Waals surface area contributed by atoms with E-state index in [9.17, 15) is 4.79 Å². The minimum absolute atomic E-state index is 0.408. The van der Waals surface area contributed by atoms with Crippen LogP contribution < -0.4 is 14.8 Å². The highest BCUT2D eigenvalue weighted by Crippen LogP contribution is 2.35. The number of furan rings is 1. The highest BCUT2D eigenvalue weighted by atomic mass is 16.5. The van der Waals surface area contributed by atoms with E-state index in [4.69, 9.17) is 18.6 Å². The average Bonchev–Trinajstić information content (AvgIpc) is 3.32. The van der Waals surface area contributed by atoms with E-state index < -0.39 is 0 Å². The summed E-state index contributed by atoms with van der Waals surface area (Å²) in [4.78, 5) is 19.3. The smallest absolute Gasteiger partial charge is 0.163 e. The second kappa shape index (κ2) is 12.0. The number of aromatic nitrogens is 2. The Morgan fingerprint density at radius 2 is 1.79 bits per heavy atom. The SMILES string of the molecule is COCCOc1cc2ncnc(Nc3ccc4occc4c3)c2cc1OCCCCCCC=O. The maximum atomic E-state index is 10.5. The fraction of sp³-hybridized carbons (Fsp3) is 0.346. The zero-order chi connectivity index (χ0) is 23.6. The van der Waals surface area contributed by atoms with Gasteiger partial charge in [0, 0.05) is 36.1 Å². The number of anilines is 2. The van der Waals surface area contributed by atoms with E-state index in [2.05, 4.69) is 15.3 Å². The summed E-state index contributed by atoms with van der Waals surface area (Å²) in [6.45, 7) is 1.44. The summed E-state index contributed by atoms with van der Waals surface area (Å²) in [5, 5.41) is 5.22. The van der Waals surface area contributed by atoms with Gasteiger partial charge < -0.3 is 28.7 Å². The number of benzene rings is 2. The molecule has 2 heterocycles. The molecule has 0 aliphatic carbocycles. The lowest BCUT2D eigenvalue weighted by Crippen LogP contribution is -2.07. The van der Waals surface area contributed by atoms with Gasteiger partial charge in [-0.15, -0.1) is 0 Å². The first-order chi connectivity index (χ1) is 16.8. The molecule has 1 N–H and O–H groups in total. The normalized spacial score (nSPS) is 11.1. The van der Waals surface area contributed by atoms with Crippen molar-refractivity contribution in [2.75, 3.05) is 32.2 Å². The third-order valence-electron chi connectivity index (χ3n) is 5.43. The third-order valence-corrected chi connectivity index (χ3v) is 5.43. The molecule has 0 spiro atoms. The topological polar surface area (TPSA) is 95.7 Å². The van der Waals surface area contributed by atoms with E-state index in [1.165, 1.54) is 6.33 Å². The van der Waals surface area contributed by atoms with Gasteiger partial charge in [0.05, 0.1) is 25.0 Å². The second-order valence-corrected chi connectivity index (χ2v) is 7.90. The predicted molar refractivity (Wildman–Crippen MR) is 131 cm³/mol. The lowest BCUT2D eigenvalue weighted by molar-refractivity contribution is -0.107. The van der Waals surface area contributed by atoms with Gasteiger partial charge in [0.15, 0.2) is 11.5 Å². The first-order valence-corrected chi connectivity index (χ1v) is 11.5. The molecule has 8 nitrogen and oxygen atoms in total. The van der Waals surface area contributed by atoms with Crippen LogP contribution in [-0.2, 0) is 9.53 Å². The van der Waals surface area contributed by atoms with Gasteiger partial charge in [0.2, 0.25) is 0 Å². The molecular formula is C26H29N3O5. The van der Waals surface area contributed by atoms with E-state index in [0.717, 1.165) is 59.5 Å². The van der Waals surface area contributed by atoms with Crippen molar-refractivity contribution in [3.8, 4) is 11.5 Å². The van der Waals surface area contributed by atoms with Crippen LogP contribution in [0.1, 0.15) is 32.1 Å². The molecule has 8 heteroatoms. The molecule has 0 radical (unpaired) electrons. The van der Waals surface area contributed by atoms with Gasteiger partial charge in [0.1, 0.15) is 30.6 Å². The summed E-state index contributed by atoms with van der Waals surface area (Å²) < 4.78 is 22.6. The molecule has 0 aliphatic heterocycles. The minimum atomic E-state index is 0.408. The van der Waals surface area contributed by atoms with Gasteiger partial charge in [-0.25, -0.2) is 9.97 Å². The number of nitrogens with one attached hydrogen (secondary N) is 1. The van der Waals surface area contributed by atoms with Crippen LogP contribution in [-0.4, -0.2) is 43.2 Å². The van der Waals surface area contributed by atoms with Crippen molar-refractivity contribution in [1.82, 2.24) is 9.97 Å². The summed E-state index contributed by atoms with van der Waals surface area (Å²) in [6.07, 6.45) is 8.62. The van der Waals surface area contributed by atoms with Gasteiger partial charge in [-0.1, -0.05) is 12.8 Å². The van der Waals surface area contributed by atoms with E-state index in [1.807, 2.05) is 36.4 Å². The van der Waals surface area contributed by atoms with Crippen LogP contribution in [0.25, 0.3) is 21.9 Å². The number of nitrogens with zero attached hydrogens (tertiary/aromatic N) is 2. The molecule has 0 fully saturated rings. The maximum Gasteiger partial charge on any atom is 0.163 e. The number of hydrogen-bond acceptors (Lipinski definition) is 8. The van der Waals surface area contributed by atoms with Crippen LogP contribution in [0.3, 0.4) is 0 Å². The molecule has 0 bridgehead atoms. The molecule has 0 unspecified atom stereocenters. The Labute approximate surface area is 198 Å². The Hall–Kier alpha value is -3.65.